The number of fused-ring (bicyclic) bond motifs is 3. The summed E-state index contributed by atoms with van der Waals surface area (Å²) in [6, 6.07) is 8.40. The van der Waals surface area contributed by atoms with Crippen LogP contribution in [0.3, 0.4) is 0 Å². The number of piperidine rings is 1. The Morgan fingerprint density at radius 1 is 1.29 bits per heavy atom. The number of nitrogens with zero attached hydrogens (tertiary/aromatic N) is 2. The lowest BCUT2D eigenvalue weighted by molar-refractivity contribution is 0.0990. The zero-order chi connectivity index (χ0) is 14.4. The first-order valence-electron chi connectivity index (χ1n) is 7.68. The highest BCUT2D eigenvalue weighted by molar-refractivity contribution is 6.07. The van der Waals surface area contributed by atoms with E-state index in [4.69, 9.17) is 10.7 Å². The van der Waals surface area contributed by atoms with Gasteiger partial charge in [-0.3, -0.25) is 14.7 Å². The normalized spacial score (nSPS) is 21.8. The van der Waals surface area contributed by atoms with E-state index in [-0.39, 0.29) is 5.91 Å². The van der Waals surface area contributed by atoms with E-state index < -0.39 is 0 Å². The number of hydrogen-bond acceptors (Lipinski definition) is 3. The smallest absolute Gasteiger partial charge is 0.249 e. The topological polar surface area (TPSA) is 59.2 Å². The van der Waals surface area contributed by atoms with Gasteiger partial charge in [0.15, 0.2) is 0 Å². The van der Waals surface area contributed by atoms with Gasteiger partial charge < -0.3 is 5.73 Å². The van der Waals surface area contributed by atoms with Crippen LogP contribution in [0.4, 0.5) is 0 Å². The molecule has 108 valence electrons. The van der Waals surface area contributed by atoms with Crippen LogP contribution >= 0.6 is 0 Å². The van der Waals surface area contributed by atoms with Gasteiger partial charge in [-0.25, -0.2) is 0 Å². The van der Waals surface area contributed by atoms with Crippen molar-refractivity contribution in [1.29, 1.82) is 0 Å². The second-order valence-electron chi connectivity index (χ2n) is 6.12. The number of hydrogen-bond donors (Lipinski definition) is 1. The minimum atomic E-state index is -0.333. The Morgan fingerprint density at radius 3 is 3.00 bits per heavy atom. The summed E-state index contributed by atoms with van der Waals surface area (Å²) in [6.07, 6.45) is 4.73. The summed E-state index contributed by atoms with van der Waals surface area (Å²) in [5.41, 5.74) is 9.38. The largest absolute Gasteiger partial charge is 0.366 e. The Hall–Kier alpha value is -1.94. The van der Waals surface area contributed by atoms with Gasteiger partial charge in [-0.2, -0.15) is 0 Å². The number of pyridine rings is 1. The average Bonchev–Trinajstić information content (AvgIpc) is 2.50. The predicted molar refractivity (Wildman–Crippen MR) is 82.0 cm³/mol. The lowest BCUT2D eigenvalue weighted by atomic mass is 9.88. The summed E-state index contributed by atoms with van der Waals surface area (Å²) >= 11 is 0. The van der Waals surface area contributed by atoms with Gasteiger partial charge in [0.1, 0.15) is 0 Å². The van der Waals surface area contributed by atoms with Crippen LogP contribution < -0.4 is 5.73 Å². The molecule has 0 aliphatic carbocycles. The van der Waals surface area contributed by atoms with Crippen molar-refractivity contribution in [3.05, 3.63) is 41.1 Å². The van der Waals surface area contributed by atoms with Crippen molar-refractivity contribution in [2.75, 3.05) is 6.54 Å². The molecule has 1 aromatic heterocycles. The molecule has 4 nitrogen and oxygen atoms in total. The summed E-state index contributed by atoms with van der Waals surface area (Å²) < 4.78 is 0. The van der Waals surface area contributed by atoms with E-state index in [2.05, 4.69) is 4.90 Å². The molecule has 2 aliphatic heterocycles. The minimum absolute atomic E-state index is 0.333. The van der Waals surface area contributed by atoms with Crippen LogP contribution in [-0.2, 0) is 13.0 Å². The van der Waals surface area contributed by atoms with Crippen molar-refractivity contribution in [3.63, 3.8) is 0 Å². The molecule has 2 aromatic rings. The van der Waals surface area contributed by atoms with Crippen molar-refractivity contribution in [2.24, 2.45) is 5.73 Å². The number of primary amides is 1. The maximum Gasteiger partial charge on any atom is 0.249 e. The van der Waals surface area contributed by atoms with Crippen molar-refractivity contribution < 1.29 is 4.79 Å². The molecule has 1 aromatic carbocycles. The first-order valence-corrected chi connectivity index (χ1v) is 7.68. The van der Waals surface area contributed by atoms with Crippen LogP contribution in [0, 0.1) is 0 Å². The fraction of sp³-hybridized carbons (Fsp3) is 0.412. The van der Waals surface area contributed by atoms with Crippen molar-refractivity contribution >= 4 is 16.8 Å². The average molecular weight is 281 g/mol. The molecule has 1 fully saturated rings. The number of benzene rings is 1. The van der Waals surface area contributed by atoms with E-state index in [0.717, 1.165) is 41.7 Å². The Labute approximate surface area is 124 Å². The number of carbonyl (C=O) groups is 1. The van der Waals surface area contributed by atoms with E-state index in [1.54, 1.807) is 0 Å². The van der Waals surface area contributed by atoms with Gasteiger partial charge in [0.25, 0.3) is 0 Å². The predicted octanol–water partition coefficient (Wildman–Crippen LogP) is 2.24. The molecule has 0 bridgehead atoms. The van der Waals surface area contributed by atoms with Crippen molar-refractivity contribution in [1.82, 2.24) is 9.88 Å². The zero-order valence-corrected chi connectivity index (χ0v) is 12.0. The highest BCUT2D eigenvalue weighted by atomic mass is 16.1. The van der Waals surface area contributed by atoms with Crippen LogP contribution in [0.1, 0.15) is 40.9 Å². The van der Waals surface area contributed by atoms with E-state index in [0.29, 0.717) is 11.6 Å². The zero-order valence-electron chi connectivity index (χ0n) is 12.0. The van der Waals surface area contributed by atoms with E-state index in [1.807, 2.05) is 24.3 Å². The molecule has 1 atom stereocenters. The second kappa shape index (κ2) is 4.81. The fourth-order valence-corrected chi connectivity index (χ4v) is 3.85. The van der Waals surface area contributed by atoms with Gasteiger partial charge in [0.2, 0.25) is 5.91 Å². The molecular weight excluding hydrogens is 262 g/mol. The van der Waals surface area contributed by atoms with E-state index in [9.17, 15) is 4.79 Å². The molecule has 4 heteroatoms. The molecule has 4 rings (SSSR count). The maximum absolute atomic E-state index is 12.0. The summed E-state index contributed by atoms with van der Waals surface area (Å²) in [7, 11) is 0. The highest BCUT2D eigenvalue weighted by Gasteiger charge is 2.32. The van der Waals surface area contributed by atoms with Crippen LogP contribution in [-0.4, -0.2) is 28.4 Å². The molecule has 0 radical (unpaired) electrons. The monoisotopic (exact) mass is 281 g/mol. The summed E-state index contributed by atoms with van der Waals surface area (Å²) in [5.74, 6) is -0.333. The molecule has 1 unspecified atom stereocenters. The standard InChI is InChI=1S/C17H19N3O/c18-17(21)16-12-6-1-2-7-14(12)19-15-9-11-5-3-4-8-20(11)10-13(15)16/h1-2,6-7,11H,3-5,8-10H2,(H2,18,21). The third-order valence-electron chi connectivity index (χ3n) is 4.86. The Morgan fingerprint density at radius 2 is 2.14 bits per heavy atom. The Kier molecular flexibility index (Phi) is 2.93. The van der Waals surface area contributed by atoms with Gasteiger partial charge in [0.05, 0.1) is 11.1 Å². The number of rotatable bonds is 1. The lowest BCUT2D eigenvalue weighted by Crippen LogP contribution is -2.44. The van der Waals surface area contributed by atoms with Gasteiger partial charge in [0, 0.05) is 35.7 Å². The van der Waals surface area contributed by atoms with Gasteiger partial charge >= 0.3 is 0 Å². The third-order valence-corrected chi connectivity index (χ3v) is 4.86. The summed E-state index contributed by atoms with van der Waals surface area (Å²) in [5, 5.41) is 0.888. The summed E-state index contributed by atoms with van der Waals surface area (Å²) in [6.45, 7) is 1.94. The molecular formula is C17H19N3O. The van der Waals surface area contributed by atoms with Crippen LogP contribution in [0.15, 0.2) is 24.3 Å². The van der Waals surface area contributed by atoms with Gasteiger partial charge in [-0.15, -0.1) is 0 Å². The molecule has 2 aliphatic rings. The van der Waals surface area contributed by atoms with Crippen molar-refractivity contribution in [2.45, 2.75) is 38.3 Å². The third kappa shape index (κ3) is 2.02. The molecule has 1 saturated heterocycles. The highest BCUT2D eigenvalue weighted by Crippen LogP contribution is 2.33. The van der Waals surface area contributed by atoms with Gasteiger partial charge in [-0.05, 0) is 25.5 Å². The number of amides is 1. The molecule has 3 heterocycles. The lowest BCUT2D eigenvalue weighted by Gasteiger charge is -2.40. The Balaban J connectivity index is 1.93. The SMILES string of the molecule is NC(=O)c1c2c(nc3ccccc13)CC1CCCCN1C2. The minimum Gasteiger partial charge on any atom is -0.366 e. The van der Waals surface area contributed by atoms with Crippen LogP contribution in [0.25, 0.3) is 10.9 Å². The van der Waals surface area contributed by atoms with Gasteiger partial charge in [-0.1, -0.05) is 24.6 Å². The quantitative estimate of drug-likeness (QED) is 0.872. The second-order valence-corrected chi connectivity index (χ2v) is 6.12. The fourth-order valence-electron chi connectivity index (χ4n) is 3.85. The van der Waals surface area contributed by atoms with E-state index in [1.165, 1.54) is 19.3 Å². The number of para-hydroxylation sites is 1. The maximum atomic E-state index is 12.0. The number of nitrogens with two attached hydrogens (primary N) is 1. The van der Waals surface area contributed by atoms with Crippen LogP contribution in [0.5, 0.6) is 0 Å². The molecule has 0 spiro atoms. The molecule has 2 N–H and O–H groups in total. The summed E-state index contributed by atoms with van der Waals surface area (Å²) in [4.78, 5) is 19.3. The first kappa shape index (κ1) is 12.8. The molecule has 1 amide bonds. The number of aromatic nitrogens is 1. The Bertz CT molecular complexity index is 725. The number of carbonyl (C=O) groups excluding carboxylic acids is 1. The molecule has 0 saturated carbocycles. The van der Waals surface area contributed by atoms with Crippen LogP contribution in [0.2, 0.25) is 0 Å². The van der Waals surface area contributed by atoms with Crippen molar-refractivity contribution in [3.8, 4) is 0 Å². The van der Waals surface area contributed by atoms with E-state index >= 15 is 0 Å². The molecule has 21 heavy (non-hydrogen) atoms. The first-order chi connectivity index (χ1) is 10.2.